The fourth-order valence-corrected chi connectivity index (χ4v) is 2.55. The number of hydrogen-bond donors (Lipinski definition) is 1. The van der Waals surface area contributed by atoms with Crippen molar-refractivity contribution in [3.8, 4) is 5.75 Å². The molecule has 0 saturated carbocycles. The first-order valence-corrected chi connectivity index (χ1v) is 7.53. The molecule has 0 bridgehead atoms. The second-order valence-electron chi connectivity index (χ2n) is 4.90. The summed E-state index contributed by atoms with van der Waals surface area (Å²) in [6.07, 6.45) is 0.436. The number of carbonyl (C=O) groups is 1. The molecule has 0 radical (unpaired) electrons. The summed E-state index contributed by atoms with van der Waals surface area (Å²) in [6.45, 7) is 2.32. The topological polar surface area (TPSA) is 46.5 Å². The van der Waals surface area contributed by atoms with Crippen LogP contribution in [0, 0.1) is 6.92 Å². The van der Waals surface area contributed by atoms with Crippen LogP contribution in [0.5, 0.6) is 5.75 Å². The summed E-state index contributed by atoms with van der Waals surface area (Å²) in [7, 11) is 0. The first-order chi connectivity index (χ1) is 10.1. The fourth-order valence-electron chi connectivity index (χ4n) is 2.17. The van der Waals surface area contributed by atoms with Gasteiger partial charge < -0.3 is 9.84 Å². The van der Waals surface area contributed by atoms with Gasteiger partial charge in [0.05, 0.1) is 12.5 Å². The van der Waals surface area contributed by atoms with Gasteiger partial charge in [0.2, 0.25) is 0 Å². The smallest absolute Gasteiger partial charge is 0.311 e. The Kier molecular flexibility index (Phi) is 5.39. The van der Waals surface area contributed by atoms with Crippen molar-refractivity contribution < 1.29 is 14.6 Å². The van der Waals surface area contributed by atoms with Gasteiger partial charge in [0.15, 0.2) is 0 Å². The molecule has 0 aliphatic heterocycles. The Morgan fingerprint density at radius 3 is 2.67 bits per heavy atom. The first kappa shape index (κ1) is 15.6. The number of ether oxygens (including phenoxy) is 1. The standard InChI is InChI=1S/C17H17BrO3/c1-12-4-2-5-13(10-12)16(17(19)20)8-9-21-15-7-3-6-14(18)11-15/h2-7,10-11,16H,8-9H2,1H3,(H,19,20). The van der Waals surface area contributed by atoms with E-state index >= 15 is 0 Å². The molecule has 0 spiro atoms. The van der Waals surface area contributed by atoms with E-state index < -0.39 is 11.9 Å². The third-order valence-corrected chi connectivity index (χ3v) is 3.71. The summed E-state index contributed by atoms with van der Waals surface area (Å²) in [6, 6.07) is 15.1. The zero-order chi connectivity index (χ0) is 15.2. The highest BCUT2D eigenvalue weighted by Crippen LogP contribution is 2.23. The summed E-state index contributed by atoms with van der Waals surface area (Å²) in [4.78, 5) is 11.4. The Morgan fingerprint density at radius 1 is 1.24 bits per heavy atom. The fraction of sp³-hybridized carbons (Fsp3) is 0.235. The molecule has 3 nitrogen and oxygen atoms in total. The Balaban J connectivity index is 1.99. The lowest BCUT2D eigenvalue weighted by Gasteiger charge is -2.14. The van der Waals surface area contributed by atoms with Gasteiger partial charge in [-0.1, -0.05) is 51.8 Å². The molecule has 0 amide bonds. The number of carboxylic acids is 1. The zero-order valence-electron chi connectivity index (χ0n) is 11.8. The van der Waals surface area contributed by atoms with Crippen LogP contribution in [0.15, 0.2) is 53.0 Å². The molecule has 0 aromatic heterocycles. The van der Waals surface area contributed by atoms with Crippen molar-refractivity contribution in [1.29, 1.82) is 0 Å². The number of aliphatic carboxylic acids is 1. The van der Waals surface area contributed by atoms with Crippen LogP contribution in [0.2, 0.25) is 0 Å². The van der Waals surface area contributed by atoms with Crippen molar-refractivity contribution in [1.82, 2.24) is 0 Å². The molecule has 1 atom stereocenters. The van der Waals surface area contributed by atoms with E-state index in [0.29, 0.717) is 13.0 Å². The van der Waals surface area contributed by atoms with Crippen LogP contribution < -0.4 is 4.74 Å². The molecule has 0 heterocycles. The van der Waals surface area contributed by atoms with Crippen molar-refractivity contribution in [2.24, 2.45) is 0 Å². The maximum atomic E-state index is 11.4. The molecule has 0 fully saturated rings. The van der Waals surface area contributed by atoms with Crippen LogP contribution in [0.1, 0.15) is 23.5 Å². The van der Waals surface area contributed by atoms with Crippen LogP contribution >= 0.6 is 15.9 Å². The van der Waals surface area contributed by atoms with E-state index in [0.717, 1.165) is 21.3 Å². The Morgan fingerprint density at radius 2 is 2.00 bits per heavy atom. The summed E-state index contributed by atoms with van der Waals surface area (Å²) < 4.78 is 6.56. The second kappa shape index (κ2) is 7.27. The van der Waals surface area contributed by atoms with Crippen molar-refractivity contribution in [2.45, 2.75) is 19.3 Å². The molecule has 21 heavy (non-hydrogen) atoms. The minimum absolute atomic E-state index is 0.362. The summed E-state index contributed by atoms with van der Waals surface area (Å²) in [5, 5.41) is 9.40. The minimum atomic E-state index is -0.821. The SMILES string of the molecule is Cc1cccc(C(CCOc2cccc(Br)c2)C(=O)O)c1. The average molecular weight is 349 g/mol. The summed E-state index contributed by atoms with van der Waals surface area (Å²) in [5.41, 5.74) is 1.88. The largest absolute Gasteiger partial charge is 0.494 e. The molecule has 110 valence electrons. The van der Waals surface area contributed by atoms with E-state index in [9.17, 15) is 9.90 Å². The maximum Gasteiger partial charge on any atom is 0.311 e. The molecule has 2 rings (SSSR count). The minimum Gasteiger partial charge on any atom is -0.494 e. The number of hydrogen-bond acceptors (Lipinski definition) is 2. The monoisotopic (exact) mass is 348 g/mol. The van der Waals surface area contributed by atoms with Crippen LogP contribution in [0.4, 0.5) is 0 Å². The third-order valence-electron chi connectivity index (χ3n) is 3.21. The van der Waals surface area contributed by atoms with Crippen molar-refractivity contribution in [2.75, 3.05) is 6.61 Å². The molecule has 2 aromatic carbocycles. The van der Waals surface area contributed by atoms with E-state index in [4.69, 9.17) is 4.74 Å². The van der Waals surface area contributed by atoms with Gasteiger partial charge in [0.1, 0.15) is 5.75 Å². The van der Waals surface area contributed by atoms with Crippen LogP contribution in [0.3, 0.4) is 0 Å². The van der Waals surface area contributed by atoms with E-state index in [1.807, 2.05) is 55.5 Å². The van der Waals surface area contributed by atoms with Gasteiger partial charge in [0, 0.05) is 4.47 Å². The van der Waals surface area contributed by atoms with Crippen molar-refractivity contribution in [3.63, 3.8) is 0 Å². The predicted molar refractivity (Wildman–Crippen MR) is 85.8 cm³/mol. The van der Waals surface area contributed by atoms with Gasteiger partial charge in [-0.2, -0.15) is 0 Å². The van der Waals surface area contributed by atoms with E-state index in [2.05, 4.69) is 15.9 Å². The number of rotatable bonds is 6. The molecular formula is C17H17BrO3. The quantitative estimate of drug-likeness (QED) is 0.841. The zero-order valence-corrected chi connectivity index (χ0v) is 13.3. The normalized spacial score (nSPS) is 11.9. The van der Waals surface area contributed by atoms with Gasteiger partial charge in [-0.15, -0.1) is 0 Å². The number of carboxylic acid groups (broad SMARTS) is 1. The molecule has 0 saturated heterocycles. The van der Waals surface area contributed by atoms with Crippen LogP contribution in [0.25, 0.3) is 0 Å². The van der Waals surface area contributed by atoms with Gasteiger partial charge in [-0.3, -0.25) is 4.79 Å². The molecule has 0 aliphatic carbocycles. The molecule has 4 heteroatoms. The van der Waals surface area contributed by atoms with Gasteiger partial charge in [-0.25, -0.2) is 0 Å². The highest BCUT2D eigenvalue weighted by Gasteiger charge is 2.19. The molecule has 1 unspecified atom stereocenters. The molecule has 2 aromatic rings. The van der Waals surface area contributed by atoms with Gasteiger partial charge in [0.25, 0.3) is 0 Å². The predicted octanol–water partition coefficient (Wildman–Crippen LogP) is 4.39. The maximum absolute atomic E-state index is 11.4. The molecule has 1 N–H and O–H groups in total. The Labute approximate surface area is 132 Å². The Hall–Kier alpha value is -1.81. The number of halogens is 1. The van der Waals surface area contributed by atoms with Crippen LogP contribution in [-0.2, 0) is 4.79 Å². The lowest BCUT2D eigenvalue weighted by molar-refractivity contribution is -0.139. The van der Waals surface area contributed by atoms with Crippen molar-refractivity contribution >= 4 is 21.9 Å². The van der Waals surface area contributed by atoms with Crippen LogP contribution in [-0.4, -0.2) is 17.7 Å². The average Bonchev–Trinajstić information content (AvgIpc) is 2.43. The number of aryl methyl sites for hydroxylation is 1. The van der Waals surface area contributed by atoms with Crippen molar-refractivity contribution in [3.05, 3.63) is 64.1 Å². The van der Waals surface area contributed by atoms with E-state index in [1.165, 1.54) is 0 Å². The highest BCUT2D eigenvalue weighted by molar-refractivity contribution is 9.10. The van der Waals surface area contributed by atoms with Gasteiger partial charge in [-0.05, 0) is 37.1 Å². The highest BCUT2D eigenvalue weighted by atomic mass is 79.9. The Bertz CT molecular complexity index is 625. The summed E-state index contributed by atoms with van der Waals surface area (Å²) >= 11 is 3.38. The number of benzene rings is 2. The lowest BCUT2D eigenvalue weighted by atomic mass is 9.95. The second-order valence-corrected chi connectivity index (χ2v) is 5.82. The van der Waals surface area contributed by atoms with E-state index in [-0.39, 0.29) is 0 Å². The lowest BCUT2D eigenvalue weighted by Crippen LogP contribution is -2.15. The molecular weight excluding hydrogens is 332 g/mol. The summed E-state index contributed by atoms with van der Waals surface area (Å²) in [5.74, 6) is -0.631. The third kappa shape index (κ3) is 4.60. The van der Waals surface area contributed by atoms with E-state index in [1.54, 1.807) is 0 Å². The van der Waals surface area contributed by atoms with Gasteiger partial charge >= 0.3 is 5.97 Å². The first-order valence-electron chi connectivity index (χ1n) is 6.74. The molecule has 0 aliphatic rings.